The monoisotopic (exact) mass is 293 g/mol. The molecule has 0 radical (unpaired) electrons. The highest BCUT2D eigenvalue weighted by molar-refractivity contribution is 5.67. The zero-order valence-corrected chi connectivity index (χ0v) is 12.5. The van der Waals surface area contributed by atoms with Gasteiger partial charge in [-0.1, -0.05) is 6.92 Å². The summed E-state index contributed by atoms with van der Waals surface area (Å²) in [6, 6.07) is 0.501. The van der Waals surface area contributed by atoms with Crippen molar-refractivity contribution in [3.63, 3.8) is 0 Å². The number of hydrogen-bond donors (Lipinski definition) is 1. The molecule has 7 heteroatoms. The van der Waals surface area contributed by atoms with Crippen molar-refractivity contribution in [3.8, 4) is 0 Å². The van der Waals surface area contributed by atoms with Gasteiger partial charge in [0.05, 0.1) is 12.6 Å². The van der Waals surface area contributed by atoms with Crippen molar-refractivity contribution >= 4 is 5.97 Å². The molecule has 1 aromatic heterocycles. The number of tetrazole rings is 1. The summed E-state index contributed by atoms with van der Waals surface area (Å²) in [5.41, 5.74) is 0. The van der Waals surface area contributed by atoms with Crippen LogP contribution in [0.2, 0.25) is 0 Å². The van der Waals surface area contributed by atoms with Gasteiger partial charge in [0.1, 0.15) is 0 Å². The molecule has 1 aliphatic heterocycles. The quantitative estimate of drug-likeness (QED) is 0.852. The van der Waals surface area contributed by atoms with E-state index in [9.17, 15) is 4.79 Å². The van der Waals surface area contributed by atoms with Gasteiger partial charge in [0.25, 0.3) is 0 Å². The highest BCUT2D eigenvalue weighted by Crippen LogP contribution is 2.35. The molecule has 1 aromatic rings. The van der Waals surface area contributed by atoms with E-state index in [1.165, 1.54) is 12.8 Å². The molecule has 2 aliphatic rings. The summed E-state index contributed by atoms with van der Waals surface area (Å²) in [5.74, 6) is 0.936. The second-order valence-corrected chi connectivity index (χ2v) is 6.48. The number of carboxylic acid groups (broad SMARTS) is 1. The second-order valence-electron chi connectivity index (χ2n) is 6.48. The first kappa shape index (κ1) is 14.4. The predicted octanol–water partition coefficient (Wildman–Crippen LogP) is 1.33. The van der Waals surface area contributed by atoms with Crippen LogP contribution < -0.4 is 0 Å². The Bertz CT molecular complexity index is 499. The fourth-order valence-corrected chi connectivity index (χ4v) is 3.26. The molecule has 1 N–H and O–H groups in total. The number of piperidine rings is 1. The van der Waals surface area contributed by atoms with Crippen molar-refractivity contribution in [1.82, 2.24) is 25.1 Å². The van der Waals surface area contributed by atoms with Gasteiger partial charge >= 0.3 is 5.97 Å². The summed E-state index contributed by atoms with van der Waals surface area (Å²) < 4.78 is 1.96. The van der Waals surface area contributed by atoms with Crippen molar-refractivity contribution in [3.05, 3.63) is 5.82 Å². The van der Waals surface area contributed by atoms with Crippen molar-refractivity contribution in [1.29, 1.82) is 0 Å². The molecule has 1 aliphatic carbocycles. The van der Waals surface area contributed by atoms with E-state index in [1.807, 2.05) is 4.68 Å². The van der Waals surface area contributed by atoms with Gasteiger partial charge in [0.2, 0.25) is 0 Å². The minimum atomic E-state index is -0.697. The largest absolute Gasteiger partial charge is 0.481 e. The third kappa shape index (κ3) is 3.58. The van der Waals surface area contributed by atoms with Gasteiger partial charge in [0, 0.05) is 13.0 Å². The van der Waals surface area contributed by atoms with Crippen LogP contribution in [0.4, 0.5) is 0 Å². The summed E-state index contributed by atoms with van der Waals surface area (Å²) in [6.07, 6.45) is 4.86. The van der Waals surface area contributed by atoms with E-state index in [0.29, 0.717) is 12.0 Å². The van der Waals surface area contributed by atoms with E-state index < -0.39 is 5.97 Å². The molecule has 0 amide bonds. The summed E-state index contributed by atoms with van der Waals surface area (Å²) in [6.45, 7) is 4.83. The Labute approximate surface area is 124 Å². The fraction of sp³-hybridized carbons (Fsp3) is 0.857. The minimum Gasteiger partial charge on any atom is -0.481 e. The molecule has 1 saturated carbocycles. The second kappa shape index (κ2) is 6.09. The van der Waals surface area contributed by atoms with E-state index in [4.69, 9.17) is 5.11 Å². The van der Waals surface area contributed by atoms with E-state index in [0.717, 1.165) is 38.3 Å². The number of aliphatic carboxylic acids is 1. The van der Waals surface area contributed by atoms with Crippen molar-refractivity contribution in [2.24, 2.45) is 11.8 Å². The molecule has 0 aromatic carbocycles. The smallest absolute Gasteiger partial charge is 0.303 e. The number of hydrogen-bond acceptors (Lipinski definition) is 5. The van der Waals surface area contributed by atoms with E-state index in [2.05, 4.69) is 27.3 Å². The average molecular weight is 293 g/mol. The van der Waals surface area contributed by atoms with Crippen LogP contribution in [-0.2, 0) is 11.3 Å². The minimum absolute atomic E-state index is 0.227. The average Bonchev–Trinajstić information content (AvgIpc) is 3.19. The molecule has 2 atom stereocenters. The van der Waals surface area contributed by atoms with Gasteiger partial charge in [-0.25, -0.2) is 4.68 Å². The van der Waals surface area contributed by atoms with Crippen LogP contribution in [0.25, 0.3) is 0 Å². The zero-order valence-electron chi connectivity index (χ0n) is 12.5. The maximum Gasteiger partial charge on any atom is 0.303 e. The highest BCUT2D eigenvalue weighted by atomic mass is 16.4. The lowest BCUT2D eigenvalue weighted by Gasteiger charge is -2.35. The summed E-state index contributed by atoms with van der Waals surface area (Å²) in [4.78, 5) is 13.2. The molecular formula is C14H23N5O2. The first-order chi connectivity index (χ1) is 10.1. The number of carbonyl (C=O) groups is 1. The Hall–Kier alpha value is -1.50. The lowest BCUT2D eigenvalue weighted by molar-refractivity contribution is -0.138. The number of carboxylic acids is 1. The number of rotatable bonds is 6. The summed E-state index contributed by atoms with van der Waals surface area (Å²) in [7, 11) is 0. The van der Waals surface area contributed by atoms with Gasteiger partial charge in [-0.05, 0) is 54.5 Å². The number of likely N-dealkylation sites (tertiary alicyclic amines) is 1. The maximum atomic E-state index is 10.9. The summed E-state index contributed by atoms with van der Waals surface area (Å²) >= 11 is 0. The van der Waals surface area contributed by atoms with Gasteiger partial charge < -0.3 is 5.11 Å². The van der Waals surface area contributed by atoms with Gasteiger partial charge in [0.15, 0.2) is 5.82 Å². The van der Waals surface area contributed by atoms with E-state index in [1.54, 1.807) is 0 Å². The van der Waals surface area contributed by atoms with Gasteiger partial charge in [-0.15, -0.1) is 5.10 Å². The zero-order chi connectivity index (χ0) is 14.8. The van der Waals surface area contributed by atoms with Crippen LogP contribution in [0.5, 0.6) is 0 Å². The van der Waals surface area contributed by atoms with Gasteiger partial charge in [-0.3, -0.25) is 9.69 Å². The first-order valence-corrected chi connectivity index (χ1v) is 7.84. The molecule has 7 nitrogen and oxygen atoms in total. The van der Waals surface area contributed by atoms with Crippen LogP contribution in [0.15, 0.2) is 0 Å². The molecule has 1 saturated heterocycles. The lowest BCUT2D eigenvalue weighted by Crippen LogP contribution is -2.38. The Morgan fingerprint density at radius 3 is 2.95 bits per heavy atom. The Morgan fingerprint density at radius 2 is 2.24 bits per heavy atom. The molecule has 2 heterocycles. The summed E-state index contributed by atoms with van der Waals surface area (Å²) in [5, 5.41) is 21.0. The van der Waals surface area contributed by atoms with Crippen molar-refractivity contribution in [2.75, 3.05) is 13.1 Å². The molecule has 0 bridgehead atoms. The van der Waals surface area contributed by atoms with Gasteiger partial charge in [-0.2, -0.15) is 0 Å². The molecule has 0 spiro atoms. The van der Waals surface area contributed by atoms with E-state index >= 15 is 0 Å². The molecule has 116 valence electrons. The first-order valence-electron chi connectivity index (χ1n) is 7.84. The Balaban J connectivity index is 1.58. The van der Waals surface area contributed by atoms with Crippen LogP contribution >= 0.6 is 0 Å². The molecular weight excluding hydrogens is 270 g/mol. The third-order valence-corrected chi connectivity index (χ3v) is 4.66. The van der Waals surface area contributed by atoms with Crippen LogP contribution in [0.3, 0.4) is 0 Å². The predicted molar refractivity (Wildman–Crippen MR) is 75.5 cm³/mol. The van der Waals surface area contributed by atoms with Crippen LogP contribution in [0.1, 0.15) is 50.9 Å². The fourth-order valence-electron chi connectivity index (χ4n) is 3.26. The molecule has 2 unspecified atom stereocenters. The van der Waals surface area contributed by atoms with Crippen molar-refractivity contribution in [2.45, 2.75) is 51.6 Å². The highest BCUT2D eigenvalue weighted by Gasteiger charge is 2.30. The number of nitrogens with zero attached hydrogens (tertiary/aromatic N) is 5. The Kier molecular flexibility index (Phi) is 4.19. The maximum absolute atomic E-state index is 10.9. The molecule has 3 rings (SSSR count). The Morgan fingerprint density at radius 1 is 1.43 bits per heavy atom. The normalized spacial score (nSPS) is 24.9. The number of aromatic nitrogens is 4. The van der Waals surface area contributed by atoms with Crippen LogP contribution in [0, 0.1) is 11.8 Å². The van der Waals surface area contributed by atoms with E-state index in [-0.39, 0.29) is 12.3 Å². The van der Waals surface area contributed by atoms with Crippen molar-refractivity contribution < 1.29 is 9.90 Å². The lowest BCUT2D eigenvalue weighted by atomic mass is 9.84. The topological polar surface area (TPSA) is 84.1 Å². The molecule has 2 fully saturated rings. The van der Waals surface area contributed by atoms with Crippen LogP contribution in [-0.4, -0.2) is 49.3 Å². The molecule has 21 heavy (non-hydrogen) atoms. The SMILES string of the molecule is CC(CC(=O)O)C1CCCN(Cc2nnnn2C2CC2)C1. The third-order valence-electron chi connectivity index (χ3n) is 4.66. The standard InChI is InChI=1S/C14H23N5O2/c1-10(7-14(20)21)11-3-2-6-18(8-11)9-13-15-16-17-19(13)12-4-5-12/h10-12H,2-9H2,1H3,(H,20,21).